The first-order chi connectivity index (χ1) is 13.3. The van der Waals surface area contributed by atoms with Crippen LogP contribution in [-0.2, 0) is 10.2 Å². The summed E-state index contributed by atoms with van der Waals surface area (Å²) in [6.07, 6.45) is 2.12. The van der Waals surface area contributed by atoms with Crippen molar-refractivity contribution in [1.82, 2.24) is 5.32 Å². The number of anilines is 1. The molecule has 2 amide bonds. The van der Waals surface area contributed by atoms with Gasteiger partial charge in [-0.05, 0) is 54.2 Å². The van der Waals surface area contributed by atoms with Crippen molar-refractivity contribution < 1.29 is 14.3 Å². The van der Waals surface area contributed by atoms with Crippen LogP contribution in [0.3, 0.4) is 0 Å². The molecule has 1 fully saturated rings. The molecule has 2 aromatic rings. The molecule has 0 bridgehead atoms. The molecule has 0 saturated carbocycles. The molecule has 0 aliphatic carbocycles. The number of ether oxygens (including phenoxy) is 1. The van der Waals surface area contributed by atoms with Gasteiger partial charge >= 0.3 is 0 Å². The summed E-state index contributed by atoms with van der Waals surface area (Å²) in [7, 11) is 0. The molecule has 1 atom stereocenters. The van der Waals surface area contributed by atoms with Crippen LogP contribution in [0.1, 0.15) is 59.9 Å². The summed E-state index contributed by atoms with van der Waals surface area (Å²) in [5.74, 6) is -0.362. The third-order valence-electron chi connectivity index (χ3n) is 4.91. The van der Waals surface area contributed by atoms with E-state index in [9.17, 15) is 9.59 Å². The second-order valence-electron chi connectivity index (χ2n) is 8.21. The van der Waals surface area contributed by atoms with Crippen molar-refractivity contribution in [2.75, 3.05) is 18.5 Å². The predicted molar refractivity (Wildman–Crippen MR) is 111 cm³/mol. The van der Waals surface area contributed by atoms with Crippen LogP contribution in [0.25, 0.3) is 0 Å². The predicted octanol–water partition coefficient (Wildman–Crippen LogP) is 4.15. The van der Waals surface area contributed by atoms with Crippen molar-refractivity contribution in [3.63, 3.8) is 0 Å². The van der Waals surface area contributed by atoms with Crippen LogP contribution in [-0.4, -0.2) is 31.1 Å². The Balaban J connectivity index is 1.61. The van der Waals surface area contributed by atoms with Crippen molar-refractivity contribution in [1.29, 1.82) is 0 Å². The highest BCUT2D eigenvalue weighted by Gasteiger charge is 2.17. The first-order valence-electron chi connectivity index (χ1n) is 9.75. The monoisotopic (exact) mass is 380 g/mol. The number of benzene rings is 2. The smallest absolute Gasteiger partial charge is 0.255 e. The zero-order valence-electron chi connectivity index (χ0n) is 16.7. The van der Waals surface area contributed by atoms with E-state index >= 15 is 0 Å². The normalized spacial score (nSPS) is 16.6. The molecular weight excluding hydrogens is 352 g/mol. The zero-order chi connectivity index (χ0) is 20.1. The first-order valence-corrected chi connectivity index (χ1v) is 9.75. The van der Waals surface area contributed by atoms with Gasteiger partial charge in [0, 0.05) is 30.0 Å². The molecular formula is C23H28N2O3. The summed E-state index contributed by atoms with van der Waals surface area (Å²) in [6.45, 7) is 7.68. The van der Waals surface area contributed by atoms with E-state index in [4.69, 9.17) is 4.74 Å². The van der Waals surface area contributed by atoms with Gasteiger partial charge in [-0.25, -0.2) is 0 Å². The number of hydrogen-bond acceptors (Lipinski definition) is 3. The number of rotatable bonds is 5. The minimum absolute atomic E-state index is 0.0419. The van der Waals surface area contributed by atoms with Gasteiger partial charge < -0.3 is 15.4 Å². The highest BCUT2D eigenvalue weighted by Crippen LogP contribution is 2.22. The molecule has 1 heterocycles. The second-order valence-corrected chi connectivity index (χ2v) is 8.21. The molecule has 1 aliphatic heterocycles. The number of amides is 2. The minimum atomic E-state index is -0.197. The largest absolute Gasteiger partial charge is 0.376 e. The Hall–Kier alpha value is -2.66. The molecule has 5 heteroatoms. The van der Waals surface area contributed by atoms with E-state index in [0.29, 0.717) is 23.4 Å². The number of carbonyl (C=O) groups is 2. The van der Waals surface area contributed by atoms with Gasteiger partial charge in [0.1, 0.15) is 0 Å². The molecule has 0 aromatic heterocycles. The van der Waals surface area contributed by atoms with Crippen LogP contribution in [0.5, 0.6) is 0 Å². The van der Waals surface area contributed by atoms with Crippen molar-refractivity contribution in [2.24, 2.45) is 0 Å². The molecule has 0 radical (unpaired) electrons. The van der Waals surface area contributed by atoms with E-state index in [1.165, 1.54) is 5.56 Å². The van der Waals surface area contributed by atoms with Gasteiger partial charge in [-0.15, -0.1) is 0 Å². The van der Waals surface area contributed by atoms with Gasteiger partial charge in [0.25, 0.3) is 11.8 Å². The zero-order valence-corrected chi connectivity index (χ0v) is 16.7. The van der Waals surface area contributed by atoms with Gasteiger partial charge in [-0.3, -0.25) is 9.59 Å². The maximum Gasteiger partial charge on any atom is 0.255 e. The highest BCUT2D eigenvalue weighted by atomic mass is 16.5. The van der Waals surface area contributed by atoms with E-state index in [-0.39, 0.29) is 23.3 Å². The molecule has 0 spiro atoms. The standard InChI is InChI=1S/C23H28N2O3/c1-23(2,3)18-11-9-16(10-12-18)22(27)25-19-7-4-6-17(14-19)21(26)24-15-20-8-5-13-28-20/h4,6-7,9-12,14,20H,5,8,13,15H2,1-3H3,(H,24,26)(H,25,27)/t20-/m1/s1. The van der Waals surface area contributed by atoms with E-state index in [1.54, 1.807) is 24.3 Å². The maximum atomic E-state index is 12.5. The van der Waals surface area contributed by atoms with Crippen LogP contribution in [0, 0.1) is 0 Å². The molecule has 28 heavy (non-hydrogen) atoms. The topological polar surface area (TPSA) is 67.4 Å². The summed E-state index contributed by atoms with van der Waals surface area (Å²) in [5.41, 5.74) is 2.91. The van der Waals surface area contributed by atoms with Gasteiger partial charge in [-0.2, -0.15) is 0 Å². The molecule has 1 aliphatic rings. The van der Waals surface area contributed by atoms with Gasteiger partial charge in [0.15, 0.2) is 0 Å². The number of nitrogens with one attached hydrogen (secondary N) is 2. The Morgan fingerprint density at radius 2 is 1.79 bits per heavy atom. The fourth-order valence-corrected chi connectivity index (χ4v) is 3.18. The highest BCUT2D eigenvalue weighted by molar-refractivity contribution is 6.05. The fraction of sp³-hybridized carbons (Fsp3) is 0.391. The molecule has 1 saturated heterocycles. The molecule has 148 valence electrons. The lowest BCUT2D eigenvalue weighted by atomic mass is 9.87. The molecule has 5 nitrogen and oxygen atoms in total. The van der Waals surface area contributed by atoms with Gasteiger partial charge in [0.2, 0.25) is 0 Å². The lowest BCUT2D eigenvalue weighted by molar-refractivity contribution is 0.0857. The van der Waals surface area contributed by atoms with Gasteiger partial charge in [0.05, 0.1) is 6.10 Å². The summed E-state index contributed by atoms with van der Waals surface area (Å²) in [5, 5.41) is 5.76. The van der Waals surface area contributed by atoms with E-state index in [2.05, 4.69) is 31.4 Å². The van der Waals surface area contributed by atoms with Crippen LogP contribution in [0.4, 0.5) is 5.69 Å². The fourth-order valence-electron chi connectivity index (χ4n) is 3.18. The summed E-state index contributed by atoms with van der Waals surface area (Å²) in [4.78, 5) is 24.9. The molecule has 0 unspecified atom stereocenters. The minimum Gasteiger partial charge on any atom is -0.376 e. The lowest BCUT2D eigenvalue weighted by Crippen LogP contribution is -2.31. The van der Waals surface area contributed by atoms with Crippen LogP contribution >= 0.6 is 0 Å². The summed E-state index contributed by atoms with van der Waals surface area (Å²) < 4.78 is 5.52. The SMILES string of the molecule is CC(C)(C)c1ccc(C(=O)Nc2cccc(C(=O)NC[C@H]3CCCO3)c2)cc1. The summed E-state index contributed by atoms with van der Waals surface area (Å²) in [6, 6.07) is 14.6. The lowest BCUT2D eigenvalue weighted by Gasteiger charge is -2.19. The van der Waals surface area contributed by atoms with E-state index in [0.717, 1.165) is 19.4 Å². The Morgan fingerprint density at radius 1 is 1.04 bits per heavy atom. The van der Waals surface area contributed by atoms with Crippen LogP contribution < -0.4 is 10.6 Å². The van der Waals surface area contributed by atoms with Crippen molar-refractivity contribution in [3.05, 3.63) is 65.2 Å². The third kappa shape index (κ3) is 5.20. The Morgan fingerprint density at radius 3 is 2.43 bits per heavy atom. The molecule has 2 N–H and O–H groups in total. The Bertz CT molecular complexity index is 832. The molecule has 3 rings (SSSR count). The molecule has 2 aromatic carbocycles. The Kier molecular flexibility index (Phi) is 6.15. The third-order valence-corrected chi connectivity index (χ3v) is 4.91. The average Bonchev–Trinajstić information content (AvgIpc) is 3.19. The number of carbonyl (C=O) groups excluding carboxylic acids is 2. The van der Waals surface area contributed by atoms with Gasteiger partial charge in [-0.1, -0.05) is 39.0 Å². The van der Waals surface area contributed by atoms with Crippen molar-refractivity contribution in [2.45, 2.75) is 45.1 Å². The second kappa shape index (κ2) is 8.57. The summed E-state index contributed by atoms with van der Waals surface area (Å²) >= 11 is 0. The maximum absolute atomic E-state index is 12.5. The van der Waals surface area contributed by atoms with Crippen LogP contribution in [0.2, 0.25) is 0 Å². The van der Waals surface area contributed by atoms with Crippen LogP contribution in [0.15, 0.2) is 48.5 Å². The van der Waals surface area contributed by atoms with Crippen molar-refractivity contribution in [3.8, 4) is 0 Å². The number of hydrogen-bond donors (Lipinski definition) is 2. The quantitative estimate of drug-likeness (QED) is 0.819. The Labute approximate surface area is 166 Å². The van der Waals surface area contributed by atoms with E-state index in [1.807, 2.05) is 24.3 Å². The van der Waals surface area contributed by atoms with Crippen molar-refractivity contribution >= 4 is 17.5 Å². The average molecular weight is 380 g/mol. The van der Waals surface area contributed by atoms with E-state index < -0.39 is 0 Å². The first kappa shape index (κ1) is 20.1.